The van der Waals surface area contributed by atoms with Crippen LogP contribution in [0.4, 0.5) is 0 Å². The monoisotopic (exact) mass is 344 g/mol. The van der Waals surface area contributed by atoms with Crippen LogP contribution in [0.1, 0.15) is 21.7 Å². The van der Waals surface area contributed by atoms with Gasteiger partial charge in [0.05, 0.1) is 5.52 Å². The Morgan fingerprint density at radius 3 is 2.69 bits per heavy atom. The molecule has 26 heavy (non-hydrogen) atoms. The topological polar surface area (TPSA) is 65.2 Å². The zero-order chi connectivity index (χ0) is 17.9. The molecule has 2 aromatic carbocycles. The minimum Gasteiger partial charge on any atom is -0.454 e. The molecule has 0 saturated heterocycles. The fourth-order valence-corrected chi connectivity index (χ4v) is 2.63. The molecule has 0 saturated carbocycles. The molecule has 2 heterocycles. The number of para-hydroxylation sites is 1. The molecular weight excluding hydrogens is 328 g/mol. The molecule has 4 aromatic rings. The molecule has 0 aliphatic rings. The first-order chi connectivity index (χ1) is 12.7. The zero-order valence-electron chi connectivity index (χ0n) is 14.2. The molecule has 0 radical (unpaired) electrons. The molecule has 4 rings (SSSR count). The highest BCUT2D eigenvalue weighted by Crippen LogP contribution is 2.21. The highest BCUT2D eigenvalue weighted by Gasteiger charge is 2.12. The quantitative estimate of drug-likeness (QED) is 0.508. The van der Waals surface area contributed by atoms with E-state index in [-0.39, 0.29) is 12.3 Å². The summed E-state index contributed by atoms with van der Waals surface area (Å²) in [5, 5.41) is 4.93. The Labute approximate surface area is 150 Å². The Hall–Kier alpha value is -3.47. The summed E-state index contributed by atoms with van der Waals surface area (Å²) in [5.74, 6) is 0.149. The van der Waals surface area contributed by atoms with Crippen molar-refractivity contribution in [3.05, 3.63) is 83.7 Å². The lowest BCUT2D eigenvalue weighted by Gasteiger charge is -2.03. The SMILES string of the molecule is Cc1ccc(-c2cc(COC(=O)c3ccc4ccccc4n3)no2)cc1. The van der Waals surface area contributed by atoms with Gasteiger partial charge in [-0.05, 0) is 19.1 Å². The van der Waals surface area contributed by atoms with E-state index >= 15 is 0 Å². The predicted molar refractivity (Wildman–Crippen MR) is 97.5 cm³/mol. The fraction of sp³-hybridized carbons (Fsp3) is 0.0952. The highest BCUT2D eigenvalue weighted by molar-refractivity contribution is 5.91. The lowest BCUT2D eigenvalue weighted by Crippen LogP contribution is -2.07. The van der Waals surface area contributed by atoms with Crippen molar-refractivity contribution in [1.82, 2.24) is 10.1 Å². The van der Waals surface area contributed by atoms with Crippen LogP contribution in [-0.2, 0) is 11.3 Å². The van der Waals surface area contributed by atoms with Gasteiger partial charge in [-0.3, -0.25) is 0 Å². The third-order valence-corrected chi connectivity index (χ3v) is 4.05. The van der Waals surface area contributed by atoms with Crippen molar-refractivity contribution < 1.29 is 14.1 Å². The van der Waals surface area contributed by atoms with E-state index in [4.69, 9.17) is 9.26 Å². The number of aromatic nitrogens is 2. The average Bonchev–Trinajstić information content (AvgIpc) is 3.15. The number of fused-ring (bicyclic) bond motifs is 1. The highest BCUT2D eigenvalue weighted by atomic mass is 16.5. The van der Waals surface area contributed by atoms with Gasteiger partial charge in [0.15, 0.2) is 5.76 Å². The van der Waals surface area contributed by atoms with Gasteiger partial charge >= 0.3 is 5.97 Å². The van der Waals surface area contributed by atoms with E-state index in [0.717, 1.165) is 16.5 Å². The van der Waals surface area contributed by atoms with Crippen LogP contribution in [0.3, 0.4) is 0 Å². The van der Waals surface area contributed by atoms with Crippen molar-refractivity contribution in [3.63, 3.8) is 0 Å². The van der Waals surface area contributed by atoms with Gasteiger partial charge in [0.25, 0.3) is 0 Å². The van der Waals surface area contributed by atoms with Crippen LogP contribution in [0.15, 0.2) is 71.3 Å². The summed E-state index contributed by atoms with van der Waals surface area (Å²) in [6.45, 7) is 2.05. The lowest BCUT2D eigenvalue weighted by atomic mass is 10.1. The second-order valence-corrected chi connectivity index (χ2v) is 6.01. The van der Waals surface area contributed by atoms with Gasteiger partial charge in [0.2, 0.25) is 0 Å². The minimum atomic E-state index is -0.490. The van der Waals surface area contributed by atoms with Crippen molar-refractivity contribution in [2.45, 2.75) is 13.5 Å². The van der Waals surface area contributed by atoms with Gasteiger partial charge < -0.3 is 9.26 Å². The molecule has 0 atom stereocenters. The van der Waals surface area contributed by atoms with Crippen molar-refractivity contribution in [1.29, 1.82) is 0 Å². The number of carbonyl (C=O) groups excluding carboxylic acids is 1. The molecule has 0 amide bonds. The fourth-order valence-electron chi connectivity index (χ4n) is 2.63. The minimum absolute atomic E-state index is 0.0305. The maximum atomic E-state index is 12.2. The molecule has 128 valence electrons. The van der Waals surface area contributed by atoms with Crippen LogP contribution in [0.5, 0.6) is 0 Å². The number of rotatable bonds is 4. The van der Waals surface area contributed by atoms with Gasteiger partial charge in [-0.2, -0.15) is 0 Å². The summed E-state index contributed by atoms with van der Waals surface area (Å²) in [5.41, 5.74) is 3.67. The molecule has 0 aliphatic carbocycles. The molecule has 0 unspecified atom stereocenters. The Morgan fingerprint density at radius 2 is 1.85 bits per heavy atom. The molecule has 5 nitrogen and oxygen atoms in total. The van der Waals surface area contributed by atoms with E-state index in [0.29, 0.717) is 11.5 Å². The number of nitrogens with zero attached hydrogens (tertiary/aromatic N) is 2. The van der Waals surface area contributed by atoms with Gasteiger partial charge in [0, 0.05) is 17.0 Å². The molecule has 2 aromatic heterocycles. The number of pyridine rings is 1. The smallest absolute Gasteiger partial charge is 0.357 e. The molecular formula is C21H16N2O3. The number of benzene rings is 2. The lowest BCUT2D eigenvalue weighted by molar-refractivity contribution is 0.0458. The number of hydrogen-bond donors (Lipinski definition) is 0. The Balaban J connectivity index is 1.45. The maximum Gasteiger partial charge on any atom is 0.357 e. The van der Waals surface area contributed by atoms with Crippen molar-refractivity contribution in [3.8, 4) is 11.3 Å². The third-order valence-electron chi connectivity index (χ3n) is 4.05. The van der Waals surface area contributed by atoms with Gasteiger partial charge in [0.1, 0.15) is 18.0 Å². The van der Waals surface area contributed by atoms with Gasteiger partial charge in [-0.1, -0.05) is 59.3 Å². The molecule has 0 bridgehead atoms. The summed E-state index contributed by atoms with van der Waals surface area (Å²) in [6, 6.07) is 20.8. The Morgan fingerprint density at radius 1 is 1.04 bits per heavy atom. The summed E-state index contributed by atoms with van der Waals surface area (Å²) in [6.07, 6.45) is 0. The van der Waals surface area contributed by atoms with Crippen LogP contribution in [-0.4, -0.2) is 16.1 Å². The molecule has 0 N–H and O–H groups in total. The Kier molecular flexibility index (Phi) is 4.19. The number of esters is 1. The second kappa shape index (κ2) is 6.80. The molecule has 5 heteroatoms. The van der Waals surface area contributed by atoms with E-state index in [1.54, 1.807) is 12.1 Å². The molecule has 0 fully saturated rings. The summed E-state index contributed by atoms with van der Waals surface area (Å²) in [4.78, 5) is 16.6. The van der Waals surface area contributed by atoms with Crippen LogP contribution in [0.25, 0.3) is 22.2 Å². The normalized spacial score (nSPS) is 10.8. The summed E-state index contributed by atoms with van der Waals surface area (Å²) in [7, 11) is 0. The third kappa shape index (κ3) is 3.32. The van der Waals surface area contributed by atoms with E-state index < -0.39 is 5.97 Å². The van der Waals surface area contributed by atoms with Crippen molar-refractivity contribution >= 4 is 16.9 Å². The van der Waals surface area contributed by atoms with Crippen LogP contribution >= 0.6 is 0 Å². The maximum absolute atomic E-state index is 12.2. The average molecular weight is 344 g/mol. The van der Waals surface area contributed by atoms with Crippen LogP contribution < -0.4 is 0 Å². The van der Waals surface area contributed by atoms with E-state index in [2.05, 4.69) is 10.1 Å². The largest absolute Gasteiger partial charge is 0.454 e. The first-order valence-corrected chi connectivity index (χ1v) is 8.24. The van der Waals surface area contributed by atoms with E-state index in [9.17, 15) is 4.79 Å². The Bertz CT molecular complexity index is 1070. The van der Waals surface area contributed by atoms with Crippen molar-refractivity contribution in [2.75, 3.05) is 0 Å². The van der Waals surface area contributed by atoms with E-state index in [1.807, 2.05) is 61.5 Å². The van der Waals surface area contributed by atoms with Gasteiger partial charge in [-0.25, -0.2) is 9.78 Å². The number of aryl methyl sites for hydroxylation is 1. The number of carbonyl (C=O) groups is 1. The summed E-state index contributed by atoms with van der Waals surface area (Å²) < 4.78 is 10.6. The van der Waals surface area contributed by atoms with Crippen LogP contribution in [0, 0.1) is 6.92 Å². The predicted octanol–water partition coefficient (Wildman–Crippen LogP) is 4.56. The van der Waals surface area contributed by atoms with Crippen molar-refractivity contribution in [2.24, 2.45) is 0 Å². The number of hydrogen-bond acceptors (Lipinski definition) is 5. The number of ether oxygens (including phenoxy) is 1. The standard InChI is InChI=1S/C21H16N2O3/c1-14-6-8-16(9-7-14)20-12-17(23-26-20)13-25-21(24)19-11-10-15-4-2-3-5-18(15)22-19/h2-12H,13H2,1H3. The van der Waals surface area contributed by atoms with Gasteiger partial charge in [-0.15, -0.1) is 0 Å². The second-order valence-electron chi connectivity index (χ2n) is 6.01. The zero-order valence-corrected chi connectivity index (χ0v) is 14.2. The van der Waals surface area contributed by atoms with E-state index in [1.165, 1.54) is 5.56 Å². The first-order valence-electron chi connectivity index (χ1n) is 8.24. The molecule has 0 aliphatic heterocycles. The summed E-state index contributed by atoms with van der Waals surface area (Å²) >= 11 is 0. The first kappa shape index (κ1) is 16.0. The molecule has 0 spiro atoms. The van der Waals surface area contributed by atoms with Crippen LogP contribution in [0.2, 0.25) is 0 Å².